The van der Waals surface area contributed by atoms with E-state index in [1.165, 1.54) is 13.4 Å². The minimum atomic E-state index is -3.77. The predicted octanol–water partition coefficient (Wildman–Crippen LogP) is -1.21. The molecule has 0 aliphatic heterocycles. The topological polar surface area (TPSA) is 121 Å². The molecular weight excluding hydrogens is 238 g/mol. The Morgan fingerprint density at radius 3 is 2.88 bits per heavy atom. The first-order valence-corrected chi connectivity index (χ1v) is 5.69. The number of ether oxygens (including phenoxy) is 1. The van der Waals surface area contributed by atoms with Gasteiger partial charge < -0.3 is 14.8 Å². The van der Waals surface area contributed by atoms with Gasteiger partial charge in [-0.3, -0.25) is 0 Å². The summed E-state index contributed by atoms with van der Waals surface area (Å²) >= 11 is 0. The van der Waals surface area contributed by atoms with Crippen LogP contribution in [0.4, 0.5) is 0 Å². The van der Waals surface area contributed by atoms with Crippen LogP contribution in [0.2, 0.25) is 0 Å². The summed E-state index contributed by atoms with van der Waals surface area (Å²) in [5.74, 6) is -1.24. The zero-order valence-corrected chi connectivity index (χ0v) is 9.19. The third kappa shape index (κ3) is 3.02. The molecule has 16 heavy (non-hydrogen) atoms. The lowest BCUT2D eigenvalue weighted by Gasteiger charge is -2.10. The highest BCUT2D eigenvalue weighted by Crippen LogP contribution is 2.02. The van der Waals surface area contributed by atoms with Crippen LogP contribution in [0, 0.1) is 0 Å². The number of H-pyrrole nitrogens is 1. The monoisotopic (exact) mass is 249 g/mol. The number of sulfonamides is 1. The van der Waals surface area contributed by atoms with Crippen LogP contribution in [0.25, 0.3) is 0 Å². The summed E-state index contributed by atoms with van der Waals surface area (Å²) in [4.78, 5) is 16.5. The van der Waals surface area contributed by atoms with Gasteiger partial charge in [-0.25, -0.2) is 22.9 Å². The fourth-order valence-corrected chi connectivity index (χ4v) is 1.86. The molecule has 0 aromatic carbocycles. The molecule has 1 atom stereocenters. The first-order chi connectivity index (χ1) is 7.47. The molecule has 0 saturated carbocycles. The van der Waals surface area contributed by atoms with Crippen molar-refractivity contribution in [2.45, 2.75) is 11.1 Å². The van der Waals surface area contributed by atoms with Crippen molar-refractivity contribution >= 4 is 16.0 Å². The summed E-state index contributed by atoms with van der Waals surface area (Å²) in [7, 11) is -2.58. The normalized spacial score (nSPS) is 13.6. The molecule has 90 valence electrons. The van der Waals surface area contributed by atoms with E-state index in [0.717, 1.165) is 6.20 Å². The number of hydrogen-bond acceptors (Lipinski definition) is 5. The van der Waals surface area contributed by atoms with E-state index >= 15 is 0 Å². The number of carbonyl (C=O) groups is 1. The molecule has 0 saturated heterocycles. The number of methoxy groups -OCH3 is 1. The maximum Gasteiger partial charge on any atom is 0.334 e. The lowest BCUT2D eigenvalue weighted by atomic mass is 10.4. The van der Waals surface area contributed by atoms with Crippen molar-refractivity contribution < 1.29 is 23.1 Å². The van der Waals surface area contributed by atoms with Gasteiger partial charge in [-0.1, -0.05) is 0 Å². The molecule has 3 N–H and O–H groups in total. The number of hydrogen-bond donors (Lipinski definition) is 3. The number of aliphatic carboxylic acids is 1. The molecule has 1 aromatic rings. The van der Waals surface area contributed by atoms with E-state index in [9.17, 15) is 13.2 Å². The number of carboxylic acids is 1. The van der Waals surface area contributed by atoms with Gasteiger partial charge >= 0.3 is 5.97 Å². The van der Waals surface area contributed by atoms with Gasteiger partial charge in [0.1, 0.15) is 0 Å². The molecule has 1 unspecified atom stereocenters. The second-order valence-corrected chi connectivity index (χ2v) is 4.57. The van der Waals surface area contributed by atoms with Crippen molar-refractivity contribution in [3.63, 3.8) is 0 Å². The molecule has 8 nitrogen and oxygen atoms in total. The van der Waals surface area contributed by atoms with Gasteiger partial charge in [-0.05, 0) is 0 Å². The minimum absolute atomic E-state index is 0.132. The Balaban J connectivity index is 2.65. The maximum atomic E-state index is 11.5. The average Bonchev–Trinajstić information content (AvgIpc) is 2.71. The maximum absolute atomic E-state index is 11.5. The number of rotatable bonds is 6. The van der Waals surface area contributed by atoms with Crippen molar-refractivity contribution in [1.29, 1.82) is 0 Å². The zero-order chi connectivity index (χ0) is 12.2. The Morgan fingerprint density at radius 1 is 1.75 bits per heavy atom. The first-order valence-electron chi connectivity index (χ1n) is 4.21. The molecule has 0 aliphatic rings. The summed E-state index contributed by atoms with van der Waals surface area (Å²) in [6, 6.07) is 0. The molecule has 0 radical (unpaired) electrons. The highest BCUT2D eigenvalue weighted by Gasteiger charge is 2.21. The second-order valence-electron chi connectivity index (χ2n) is 2.83. The Bertz CT molecular complexity index is 441. The van der Waals surface area contributed by atoms with Crippen molar-refractivity contribution in [2.24, 2.45) is 0 Å². The lowest BCUT2D eigenvalue weighted by molar-refractivity contribution is -0.147. The van der Waals surface area contributed by atoms with Crippen LogP contribution in [-0.4, -0.2) is 49.2 Å². The Labute approximate surface area is 91.7 Å². The van der Waals surface area contributed by atoms with E-state index in [1.807, 2.05) is 0 Å². The van der Waals surface area contributed by atoms with Gasteiger partial charge in [-0.2, -0.15) is 0 Å². The standard InChI is InChI=1S/C7H11N3O5S/c1-15-5(7(11)12)2-10-16(13,14)6-3-8-4-9-6/h3-5,10H,2H2,1H3,(H,8,9)(H,11,12). The van der Waals surface area contributed by atoms with Crippen LogP contribution in [0.1, 0.15) is 0 Å². The molecule has 1 heterocycles. The van der Waals surface area contributed by atoms with E-state index in [2.05, 4.69) is 19.4 Å². The second kappa shape index (κ2) is 5.05. The van der Waals surface area contributed by atoms with E-state index in [1.54, 1.807) is 0 Å². The molecular formula is C7H11N3O5S. The van der Waals surface area contributed by atoms with E-state index in [4.69, 9.17) is 5.11 Å². The third-order valence-electron chi connectivity index (χ3n) is 1.78. The van der Waals surface area contributed by atoms with Crippen LogP contribution in [0.5, 0.6) is 0 Å². The van der Waals surface area contributed by atoms with Crippen molar-refractivity contribution in [1.82, 2.24) is 14.7 Å². The van der Waals surface area contributed by atoms with E-state index < -0.39 is 22.1 Å². The van der Waals surface area contributed by atoms with E-state index in [-0.39, 0.29) is 11.6 Å². The highest BCUT2D eigenvalue weighted by molar-refractivity contribution is 7.89. The smallest absolute Gasteiger partial charge is 0.334 e. The van der Waals surface area contributed by atoms with Gasteiger partial charge in [-0.15, -0.1) is 0 Å². The Morgan fingerprint density at radius 2 is 2.44 bits per heavy atom. The van der Waals surface area contributed by atoms with Crippen LogP contribution < -0.4 is 4.72 Å². The number of carboxylic acid groups (broad SMARTS) is 1. The number of aromatic amines is 1. The van der Waals surface area contributed by atoms with Gasteiger partial charge in [0.25, 0.3) is 10.0 Å². The molecule has 0 amide bonds. The first kappa shape index (κ1) is 12.6. The van der Waals surface area contributed by atoms with Crippen molar-refractivity contribution in [3.8, 4) is 0 Å². The average molecular weight is 249 g/mol. The summed E-state index contributed by atoms with van der Waals surface area (Å²) in [6.07, 6.45) is 1.10. The summed E-state index contributed by atoms with van der Waals surface area (Å²) in [5.41, 5.74) is 0. The largest absolute Gasteiger partial charge is 0.479 e. The number of nitrogens with zero attached hydrogens (tertiary/aromatic N) is 1. The number of nitrogens with one attached hydrogen (secondary N) is 2. The minimum Gasteiger partial charge on any atom is -0.479 e. The summed E-state index contributed by atoms with van der Waals surface area (Å²) < 4.78 is 29.7. The van der Waals surface area contributed by atoms with Crippen LogP contribution in [0.15, 0.2) is 17.6 Å². The van der Waals surface area contributed by atoms with Crippen molar-refractivity contribution in [3.05, 3.63) is 12.5 Å². The van der Waals surface area contributed by atoms with Gasteiger partial charge in [0.2, 0.25) is 0 Å². The van der Waals surface area contributed by atoms with Crippen LogP contribution in [0.3, 0.4) is 0 Å². The Kier molecular flexibility index (Phi) is 3.99. The molecule has 1 aromatic heterocycles. The van der Waals surface area contributed by atoms with Crippen LogP contribution >= 0.6 is 0 Å². The number of aromatic nitrogens is 2. The molecule has 0 bridgehead atoms. The zero-order valence-electron chi connectivity index (χ0n) is 8.37. The molecule has 0 spiro atoms. The molecule has 1 rings (SSSR count). The number of imidazole rings is 1. The third-order valence-corrected chi connectivity index (χ3v) is 3.13. The highest BCUT2D eigenvalue weighted by atomic mass is 32.2. The molecule has 0 fully saturated rings. The Hall–Kier alpha value is -1.45. The van der Waals surface area contributed by atoms with E-state index in [0.29, 0.717) is 0 Å². The SMILES string of the molecule is COC(CNS(=O)(=O)c1cnc[nH]1)C(=O)O. The quantitative estimate of drug-likeness (QED) is 0.581. The molecule has 9 heteroatoms. The fraction of sp³-hybridized carbons (Fsp3) is 0.429. The van der Waals surface area contributed by atoms with Crippen molar-refractivity contribution in [2.75, 3.05) is 13.7 Å². The van der Waals surface area contributed by atoms with Gasteiger partial charge in [0, 0.05) is 13.7 Å². The van der Waals surface area contributed by atoms with Gasteiger partial charge in [0.05, 0.1) is 12.5 Å². The fourth-order valence-electron chi connectivity index (χ4n) is 0.925. The van der Waals surface area contributed by atoms with Crippen LogP contribution in [-0.2, 0) is 19.6 Å². The summed E-state index contributed by atoms with van der Waals surface area (Å²) in [5, 5.41) is 8.49. The molecule has 0 aliphatic carbocycles. The lowest BCUT2D eigenvalue weighted by Crippen LogP contribution is -2.37. The predicted molar refractivity (Wildman–Crippen MR) is 52.2 cm³/mol. The summed E-state index contributed by atoms with van der Waals surface area (Å²) in [6.45, 7) is -0.354. The van der Waals surface area contributed by atoms with Gasteiger partial charge in [0.15, 0.2) is 11.1 Å².